The van der Waals surface area contributed by atoms with Crippen LogP contribution in [0.15, 0.2) is 0 Å². The third-order valence-corrected chi connectivity index (χ3v) is 13.6. The Labute approximate surface area is 349 Å². The van der Waals surface area contributed by atoms with E-state index in [0.717, 1.165) is 32.1 Å². The van der Waals surface area contributed by atoms with Gasteiger partial charge in [-0.05, 0) is 19.3 Å². The van der Waals surface area contributed by atoms with Crippen LogP contribution in [0.3, 0.4) is 0 Å². The molecule has 0 aliphatic heterocycles. The number of hydrogen-bond donors (Lipinski definition) is 0. The third kappa shape index (κ3) is 37.5. The zero-order valence-electron chi connectivity index (χ0n) is 35.3. The minimum Gasteiger partial charge on any atom is -0.756 e. The maximum Gasteiger partial charge on any atom is 0.306 e. The third-order valence-electron chi connectivity index (χ3n) is 9.74. The van der Waals surface area contributed by atoms with Crippen molar-refractivity contribution in [3.05, 3.63) is 0 Å². The molecule has 0 saturated carbocycles. The summed E-state index contributed by atoms with van der Waals surface area (Å²) in [6.45, 7) is 4.16. The van der Waals surface area contributed by atoms with Gasteiger partial charge in [0.05, 0.1) is 27.7 Å². The Morgan fingerprint density at radius 2 is 1.00 bits per heavy atom. The topological polar surface area (TPSA) is 111 Å². The number of hydrogen-bond acceptors (Lipinski definition) is 8. The van der Waals surface area contributed by atoms with Crippen LogP contribution in [0, 0.1) is 0 Å². The van der Waals surface area contributed by atoms with Crippen molar-refractivity contribution in [1.82, 2.24) is 0 Å². The quantitative estimate of drug-likeness (QED) is 0.0196. The Hall–Kier alpha value is -0.0300. The van der Waals surface area contributed by atoms with Gasteiger partial charge in [-0.1, -0.05) is 193 Å². The minimum atomic E-state index is -4.64. The van der Waals surface area contributed by atoms with Crippen molar-refractivity contribution < 1.29 is 42.1 Å². The molecule has 4 atom stereocenters. The molecule has 0 bridgehead atoms. The molecule has 0 aromatic carbocycles. The number of carbonyl (C=O) groups excluding carboxylic acids is 2. The Kier molecular flexibility index (Phi) is 36.1. The largest absolute Gasteiger partial charge is 0.756 e. The smallest absolute Gasteiger partial charge is 0.306 e. The molecule has 0 heterocycles. The van der Waals surface area contributed by atoms with Crippen molar-refractivity contribution >= 4 is 51.6 Å². The number of quaternary nitrogens is 1. The SMILES string of the molecule is CCCCCCCCCCCCCCCC(=O)OC[C@H](COP(=O)([O-])OCC[N+](C)(C)C)OC(=O)CCC(Br)C(Br)CCCCCCCCCCCCC. The average Bonchev–Trinajstić information content (AvgIpc) is 3.11. The molecule has 0 aliphatic carbocycles. The maximum atomic E-state index is 12.9. The van der Waals surface area contributed by atoms with Crippen LogP contribution in [-0.4, -0.2) is 79.7 Å². The standard InChI is InChI=1S/C42H82Br2NO8P/c1-6-8-10-12-14-16-18-19-21-23-25-27-29-31-41(46)50-36-38(37-52-54(48,49)51-35-34-45(3,4)5)53-42(47)33-32-40(44)39(43)30-28-26-24-22-20-17-15-13-11-9-7-2/h38-40H,6-37H2,1-5H3/t38-,39?,40?/m1/s1. The molecule has 0 aromatic rings. The number of rotatable bonds is 40. The lowest BCUT2D eigenvalue weighted by atomic mass is 10.0. The zero-order chi connectivity index (χ0) is 40.3. The number of carbonyl (C=O) groups is 2. The summed E-state index contributed by atoms with van der Waals surface area (Å²) in [5.74, 6) is -0.893. The first-order chi connectivity index (χ1) is 25.8. The molecule has 0 saturated heterocycles. The summed E-state index contributed by atoms with van der Waals surface area (Å²) in [6.07, 6.45) is 31.1. The van der Waals surface area contributed by atoms with E-state index < -0.39 is 32.5 Å². The van der Waals surface area contributed by atoms with E-state index in [1.807, 2.05) is 21.1 Å². The fourth-order valence-corrected chi connectivity index (χ4v) is 7.98. The molecule has 0 aromatic heterocycles. The van der Waals surface area contributed by atoms with Crippen LogP contribution < -0.4 is 4.89 Å². The second-order valence-corrected chi connectivity index (χ2v) is 20.0. The summed E-state index contributed by atoms with van der Waals surface area (Å²) in [6, 6.07) is 0. The molecule has 12 heteroatoms. The molecule has 0 aliphatic rings. The van der Waals surface area contributed by atoms with Gasteiger partial charge in [-0.15, -0.1) is 0 Å². The summed E-state index contributed by atoms with van der Waals surface area (Å²) < 4.78 is 34.0. The highest BCUT2D eigenvalue weighted by atomic mass is 79.9. The van der Waals surface area contributed by atoms with E-state index in [9.17, 15) is 19.0 Å². The molecule has 322 valence electrons. The predicted molar refractivity (Wildman–Crippen MR) is 229 cm³/mol. The van der Waals surface area contributed by atoms with Crippen molar-refractivity contribution in [3.63, 3.8) is 0 Å². The summed E-state index contributed by atoms with van der Waals surface area (Å²) in [7, 11) is 1.13. The lowest BCUT2D eigenvalue weighted by Gasteiger charge is -2.28. The van der Waals surface area contributed by atoms with Gasteiger partial charge in [0.2, 0.25) is 0 Å². The van der Waals surface area contributed by atoms with E-state index in [0.29, 0.717) is 17.4 Å². The Morgan fingerprint density at radius 3 is 1.46 bits per heavy atom. The van der Waals surface area contributed by atoms with E-state index in [1.54, 1.807) is 0 Å². The number of unbranched alkanes of at least 4 members (excludes halogenated alkanes) is 22. The second-order valence-electron chi connectivity index (χ2n) is 16.3. The van der Waals surface area contributed by atoms with Gasteiger partial charge < -0.3 is 27.9 Å². The predicted octanol–water partition coefficient (Wildman–Crippen LogP) is 12.1. The van der Waals surface area contributed by atoms with Gasteiger partial charge in [-0.25, -0.2) is 0 Å². The van der Waals surface area contributed by atoms with E-state index in [4.69, 9.17) is 18.5 Å². The van der Waals surface area contributed by atoms with Crippen LogP contribution in [0.1, 0.15) is 194 Å². The van der Waals surface area contributed by atoms with Gasteiger partial charge in [-0.3, -0.25) is 14.2 Å². The van der Waals surface area contributed by atoms with Crippen molar-refractivity contribution in [2.24, 2.45) is 0 Å². The summed E-state index contributed by atoms with van der Waals surface area (Å²) >= 11 is 7.52. The van der Waals surface area contributed by atoms with Crippen LogP contribution in [-0.2, 0) is 32.7 Å². The van der Waals surface area contributed by atoms with Gasteiger partial charge in [0.1, 0.15) is 19.8 Å². The number of ether oxygens (including phenoxy) is 2. The van der Waals surface area contributed by atoms with E-state index in [2.05, 4.69) is 45.7 Å². The van der Waals surface area contributed by atoms with Crippen LogP contribution >= 0.6 is 39.7 Å². The molecule has 9 nitrogen and oxygen atoms in total. The van der Waals surface area contributed by atoms with Crippen molar-refractivity contribution in [1.29, 1.82) is 0 Å². The molecule has 3 unspecified atom stereocenters. The molecule has 54 heavy (non-hydrogen) atoms. The fraction of sp³-hybridized carbons (Fsp3) is 0.952. The number of phosphoric ester groups is 1. The normalized spacial score (nSPS) is 14.7. The van der Waals surface area contributed by atoms with Crippen molar-refractivity contribution in [3.8, 4) is 0 Å². The van der Waals surface area contributed by atoms with E-state index >= 15 is 0 Å². The molecule has 0 radical (unpaired) electrons. The molecule has 0 N–H and O–H groups in total. The summed E-state index contributed by atoms with van der Waals surface area (Å²) in [5.41, 5.74) is 0. The number of esters is 2. The van der Waals surface area contributed by atoms with Crippen molar-refractivity contribution in [2.75, 3.05) is 47.5 Å². The Bertz CT molecular complexity index is 938. The highest BCUT2D eigenvalue weighted by Crippen LogP contribution is 2.38. The van der Waals surface area contributed by atoms with Crippen LogP contribution in [0.4, 0.5) is 0 Å². The van der Waals surface area contributed by atoms with Gasteiger partial charge in [0.15, 0.2) is 6.10 Å². The number of alkyl halides is 2. The van der Waals surface area contributed by atoms with E-state index in [-0.39, 0.29) is 35.7 Å². The highest BCUT2D eigenvalue weighted by Gasteiger charge is 2.23. The molecule has 0 rings (SSSR count). The van der Waals surface area contributed by atoms with Crippen LogP contribution in [0.25, 0.3) is 0 Å². The lowest BCUT2D eigenvalue weighted by molar-refractivity contribution is -0.870. The Morgan fingerprint density at radius 1 is 0.574 bits per heavy atom. The first-order valence-corrected chi connectivity index (χ1v) is 25.1. The number of halogens is 2. The van der Waals surface area contributed by atoms with Gasteiger partial charge in [-0.2, -0.15) is 0 Å². The van der Waals surface area contributed by atoms with Gasteiger partial charge in [0, 0.05) is 22.5 Å². The summed E-state index contributed by atoms with van der Waals surface area (Å²) in [4.78, 5) is 38.1. The lowest BCUT2D eigenvalue weighted by Crippen LogP contribution is -2.37. The molecule has 0 fully saturated rings. The molecular weight excluding hydrogens is 837 g/mol. The van der Waals surface area contributed by atoms with Gasteiger partial charge >= 0.3 is 11.9 Å². The number of likely N-dealkylation sites (N-methyl/N-ethyl adjacent to an activating group) is 1. The van der Waals surface area contributed by atoms with Crippen LogP contribution in [0.5, 0.6) is 0 Å². The molecule has 0 amide bonds. The highest BCUT2D eigenvalue weighted by molar-refractivity contribution is 9.12. The second kappa shape index (κ2) is 36.1. The molecular formula is C42H82Br2NO8P. The van der Waals surface area contributed by atoms with Gasteiger partial charge in [0.25, 0.3) is 7.82 Å². The zero-order valence-corrected chi connectivity index (χ0v) is 39.3. The average molecular weight is 920 g/mol. The first kappa shape index (κ1) is 54.0. The maximum absolute atomic E-state index is 12.9. The number of nitrogens with zero attached hydrogens (tertiary/aromatic N) is 1. The van der Waals surface area contributed by atoms with E-state index in [1.165, 1.54) is 128 Å². The first-order valence-electron chi connectivity index (χ1n) is 21.8. The molecule has 0 spiro atoms. The Balaban J connectivity index is 4.55. The minimum absolute atomic E-state index is 0.0393. The van der Waals surface area contributed by atoms with Crippen LogP contribution in [0.2, 0.25) is 0 Å². The number of phosphoric acid groups is 1. The van der Waals surface area contributed by atoms with Crippen molar-refractivity contribution in [2.45, 2.75) is 209 Å². The monoisotopic (exact) mass is 917 g/mol. The summed E-state index contributed by atoms with van der Waals surface area (Å²) in [5, 5.41) is 0. The fourth-order valence-electron chi connectivity index (χ4n) is 6.17.